The molecule has 0 bridgehead atoms. The second kappa shape index (κ2) is 9.21. The molecule has 0 aromatic heterocycles. The quantitative estimate of drug-likeness (QED) is 0.285. The van der Waals surface area contributed by atoms with Crippen molar-refractivity contribution in [1.29, 1.82) is 0 Å². The molecule has 1 atom stereocenters. The highest BCUT2D eigenvalue weighted by atomic mass is 32.2. The van der Waals surface area contributed by atoms with Crippen LogP contribution >= 0.6 is 23.7 Å². The highest BCUT2D eigenvalue weighted by Crippen LogP contribution is 2.35. The maximum Gasteiger partial charge on any atom is 0.371 e. The van der Waals surface area contributed by atoms with Crippen molar-refractivity contribution in [2.24, 2.45) is 0 Å². The minimum absolute atomic E-state index is 0.0157. The summed E-state index contributed by atoms with van der Waals surface area (Å²) in [7, 11) is 0. The molecule has 6 nitrogen and oxygen atoms in total. The first-order chi connectivity index (χ1) is 14.1. The van der Waals surface area contributed by atoms with Gasteiger partial charge in [0.25, 0.3) is 0 Å². The van der Waals surface area contributed by atoms with Gasteiger partial charge in [0.05, 0.1) is 16.5 Å². The van der Waals surface area contributed by atoms with Crippen LogP contribution in [0.1, 0.15) is 25.3 Å². The van der Waals surface area contributed by atoms with E-state index in [0.717, 1.165) is 47.1 Å². The highest BCUT2D eigenvalue weighted by Gasteiger charge is 2.24. The molecule has 29 heavy (non-hydrogen) atoms. The van der Waals surface area contributed by atoms with Gasteiger partial charge in [-0.25, -0.2) is 0 Å². The Morgan fingerprint density at radius 3 is 2.90 bits per heavy atom. The first kappa shape index (κ1) is 20.3. The van der Waals surface area contributed by atoms with E-state index in [2.05, 4.69) is 20.3 Å². The number of aliphatic hydroxyl groups excluding tert-OH is 1. The number of piperidine rings is 1. The van der Waals surface area contributed by atoms with Crippen molar-refractivity contribution in [3.8, 4) is 0 Å². The molecule has 0 spiro atoms. The number of nitrogens with one attached hydrogen (secondary N) is 4. The van der Waals surface area contributed by atoms with Crippen molar-refractivity contribution >= 4 is 46.9 Å². The Balaban J connectivity index is 1.46. The number of rotatable bonds is 5. The molecule has 152 valence electrons. The number of benzene rings is 2. The van der Waals surface area contributed by atoms with Crippen molar-refractivity contribution in [3.63, 3.8) is 0 Å². The van der Waals surface area contributed by atoms with Crippen molar-refractivity contribution in [2.45, 2.75) is 40.8 Å². The van der Waals surface area contributed by atoms with E-state index in [4.69, 9.17) is 0 Å². The molecular weight excluding hydrogens is 404 g/mol. The Hall–Kier alpha value is -2.00. The average molecular weight is 430 g/mol. The summed E-state index contributed by atoms with van der Waals surface area (Å²) in [4.78, 5) is 17.1. The molecule has 2 heterocycles. The molecule has 0 aliphatic carbocycles. The van der Waals surface area contributed by atoms with Gasteiger partial charge < -0.3 is 15.7 Å². The zero-order valence-corrected chi connectivity index (χ0v) is 17.8. The lowest BCUT2D eigenvalue weighted by atomic mass is 10.1. The normalized spacial score (nSPS) is 20.2. The number of aliphatic hydroxyl groups is 1. The maximum absolute atomic E-state index is 11.9. The molecule has 1 unspecified atom stereocenters. The first-order valence-electron chi connectivity index (χ1n) is 9.76. The SMILES string of the molecule is CC1Sc2ccc(C(O)=[NH+]c3cccc(SNC4CCNCC4)c3)cc2NC1=O. The lowest BCUT2D eigenvalue weighted by molar-refractivity contribution is -0.364. The standard InChI is InChI=1S/C21H24N4O2S2/c1-13-20(26)24-18-11-14(5-6-19(18)28-13)21(27)23-16-3-2-4-17(12-16)29-25-15-7-9-22-10-8-15/h2-6,11-13,15,22,25H,7-10H2,1H3,(H,23,27)(H,24,26)/p+1. The molecule has 1 amide bonds. The van der Waals surface area contributed by atoms with Crippen LogP contribution in [0, 0.1) is 0 Å². The fraction of sp³-hybridized carbons (Fsp3) is 0.333. The van der Waals surface area contributed by atoms with Crippen LogP contribution in [0.15, 0.2) is 52.3 Å². The predicted octanol–water partition coefficient (Wildman–Crippen LogP) is 2.18. The molecule has 2 aliphatic heterocycles. The molecule has 5 N–H and O–H groups in total. The number of fused-ring (bicyclic) bond motifs is 1. The van der Waals surface area contributed by atoms with Crippen molar-refractivity contribution in [1.82, 2.24) is 10.0 Å². The van der Waals surface area contributed by atoms with Crippen LogP contribution in [0.5, 0.6) is 0 Å². The molecule has 1 saturated heterocycles. The van der Waals surface area contributed by atoms with E-state index in [0.29, 0.717) is 11.6 Å². The van der Waals surface area contributed by atoms with Crippen LogP contribution in [-0.4, -0.2) is 41.3 Å². The molecule has 0 saturated carbocycles. The van der Waals surface area contributed by atoms with E-state index >= 15 is 0 Å². The Bertz CT molecular complexity index is 929. The third-order valence-electron chi connectivity index (χ3n) is 4.96. The summed E-state index contributed by atoms with van der Waals surface area (Å²) in [6.45, 7) is 4.00. The van der Waals surface area contributed by atoms with Crippen LogP contribution in [0.4, 0.5) is 11.4 Å². The number of thioether (sulfide) groups is 1. The third kappa shape index (κ3) is 5.14. The Morgan fingerprint density at radius 1 is 1.24 bits per heavy atom. The van der Waals surface area contributed by atoms with E-state index in [1.165, 1.54) is 11.8 Å². The fourth-order valence-electron chi connectivity index (χ4n) is 3.29. The summed E-state index contributed by atoms with van der Waals surface area (Å²) in [6.07, 6.45) is 2.26. The van der Waals surface area contributed by atoms with Crippen molar-refractivity contribution in [3.05, 3.63) is 48.0 Å². The van der Waals surface area contributed by atoms with Crippen molar-refractivity contribution < 1.29 is 14.9 Å². The number of hydrogen-bond donors (Lipinski definition) is 5. The molecular formula is C21H25N4O2S2+. The van der Waals surface area contributed by atoms with E-state index in [1.54, 1.807) is 18.0 Å². The minimum Gasteiger partial charge on any atom is -0.459 e. The summed E-state index contributed by atoms with van der Waals surface area (Å²) >= 11 is 3.15. The first-order valence-corrected chi connectivity index (χ1v) is 11.5. The van der Waals surface area contributed by atoms with Crippen LogP contribution in [0.2, 0.25) is 0 Å². The number of anilines is 1. The maximum atomic E-state index is 11.9. The number of amides is 1. The predicted molar refractivity (Wildman–Crippen MR) is 119 cm³/mol. The Morgan fingerprint density at radius 2 is 2.07 bits per heavy atom. The monoisotopic (exact) mass is 429 g/mol. The second-order valence-electron chi connectivity index (χ2n) is 7.21. The number of hydrogen-bond acceptors (Lipinski definition) is 5. The van der Waals surface area contributed by atoms with E-state index in [-0.39, 0.29) is 17.1 Å². The highest BCUT2D eigenvalue weighted by molar-refractivity contribution is 8.01. The van der Waals surface area contributed by atoms with Crippen LogP contribution in [0.25, 0.3) is 0 Å². The minimum atomic E-state index is -0.109. The van der Waals surface area contributed by atoms with Crippen molar-refractivity contribution in [2.75, 3.05) is 18.4 Å². The van der Waals surface area contributed by atoms with Gasteiger partial charge in [0.2, 0.25) is 11.6 Å². The summed E-state index contributed by atoms with van der Waals surface area (Å²) < 4.78 is 3.53. The third-order valence-corrected chi connectivity index (χ3v) is 7.08. The topological polar surface area (TPSA) is 87.4 Å². The zero-order chi connectivity index (χ0) is 20.2. The van der Waals surface area contributed by atoms with Gasteiger partial charge >= 0.3 is 5.90 Å². The molecule has 1 fully saturated rings. The average Bonchev–Trinajstić information content (AvgIpc) is 2.74. The molecule has 2 aromatic carbocycles. The Kier molecular flexibility index (Phi) is 6.44. The molecule has 8 heteroatoms. The summed E-state index contributed by atoms with van der Waals surface area (Å²) in [6, 6.07) is 14.0. The summed E-state index contributed by atoms with van der Waals surface area (Å²) in [5.74, 6) is 0.0391. The lowest BCUT2D eigenvalue weighted by Gasteiger charge is -2.22. The van der Waals surface area contributed by atoms with Crippen LogP contribution in [-0.2, 0) is 4.79 Å². The molecule has 2 aromatic rings. The van der Waals surface area contributed by atoms with Gasteiger partial charge in [-0.05, 0) is 69.1 Å². The van der Waals surface area contributed by atoms with E-state index in [9.17, 15) is 9.90 Å². The van der Waals surface area contributed by atoms with Crippen LogP contribution in [0.3, 0.4) is 0 Å². The van der Waals surface area contributed by atoms with Gasteiger partial charge in [-0.1, -0.05) is 6.07 Å². The Labute approximate surface area is 179 Å². The lowest BCUT2D eigenvalue weighted by Crippen LogP contribution is -2.66. The molecule has 2 aliphatic rings. The van der Waals surface area contributed by atoms with Crippen LogP contribution < -0.4 is 20.3 Å². The molecule has 0 radical (unpaired) electrons. The fourth-order valence-corrected chi connectivity index (χ4v) is 5.09. The summed E-state index contributed by atoms with van der Waals surface area (Å²) in [5, 5.41) is 16.7. The van der Waals surface area contributed by atoms with Gasteiger partial charge in [0.15, 0.2) is 0 Å². The molecule has 4 rings (SSSR count). The smallest absolute Gasteiger partial charge is 0.371 e. The second-order valence-corrected chi connectivity index (χ2v) is 9.50. The van der Waals surface area contributed by atoms with Gasteiger partial charge in [0.1, 0.15) is 0 Å². The largest absolute Gasteiger partial charge is 0.459 e. The van der Waals surface area contributed by atoms with Gasteiger partial charge in [0, 0.05) is 28.0 Å². The van der Waals surface area contributed by atoms with Gasteiger partial charge in [-0.15, -0.1) is 11.8 Å². The van der Waals surface area contributed by atoms with E-state index in [1.807, 2.05) is 43.3 Å². The summed E-state index contributed by atoms with van der Waals surface area (Å²) in [5.41, 5.74) is 2.17. The number of carbonyl (C=O) groups is 1. The zero-order valence-electron chi connectivity index (χ0n) is 16.2. The van der Waals surface area contributed by atoms with Gasteiger partial charge in [-0.3, -0.25) is 9.52 Å². The van der Waals surface area contributed by atoms with E-state index < -0.39 is 0 Å². The number of carbonyl (C=O) groups excluding carboxylic acids is 1. The van der Waals surface area contributed by atoms with Gasteiger partial charge in [-0.2, -0.15) is 4.99 Å².